The van der Waals surface area contributed by atoms with Crippen molar-refractivity contribution in [1.82, 2.24) is 0 Å². The first kappa shape index (κ1) is 14.5. The van der Waals surface area contributed by atoms with Gasteiger partial charge in [0.2, 0.25) is 0 Å². The van der Waals surface area contributed by atoms with Gasteiger partial charge in [0.15, 0.2) is 0 Å². The minimum atomic E-state index is -0.178. The Morgan fingerprint density at radius 1 is 1.21 bits per heavy atom. The van der Waals surface area contributed by atoms with Crippen molar-refractivity contribution < 1.29 is 14.9 Å². The lowest BCUT2D eigenvalue weighted by Gasteiger charge is -2.21. The SMILES string of the molecule is OCC(COCc1ccccc1)C[C@H]1CCC[C@H]1O. The van der Waals surface area contributed by atoms with Gasteiger partial charge in [0.1, 0.15) is 0 Å². The van der Waals surface area contributed by atoms with E-state index in [9.17, 15) is 10.2 Å². The van der Waals surface area contributed by atoms with Crippen molar-refractivity contribution in [2.24, 2.45) is 11.8 Å². The van der Waals surface area contributed by atoms with Gasteiger partial charge in [-0.25, -0.2) is 0 Å². The highest BCUT2D eigenvalue weighted by molar-refractivity contribution is 5.13. The van der Waals surface area contributed by atoms with Crippen LogP contribution in [0.5, 0.6) is 0 Å². The molecule has 0 aromatic heterocycles. The van der Waals surface area contributed by atoms with Crippen LogP contribution < -0.4 is 0 Å². The molecule has 2 rings (SSSR count). The zero-order chi connectivity index (χ0) is 13.5. The summed E-state index contributed by atoms with van der Waals surface area (Å²) < 4.78 is 5.68. The number of benzene rings is 1. The van der Waals surface area contributed by atoms with Crippen LogP contribution in [0.15, 0.2) is 30.3 Å². The molecule has 1 unspecified atom stereocenters. The van der Waals surface area contributed by atoms with Crippen LogP contribution in [0, 0.1) is 11.8 Å². The van der Waals surface area contributed by atoms with Gasteiger partial charge in [-0.2, -0.15) is 0 Å². The second-order valence-electron chi connectivity index (χ2n) is 5.54. The third-order valence-corrected chi connectivity index (χ3v) is 3.98. The molecule has 3 nitrogen and oxygen atoms in total. The van der Waals surface area contributed by atoms with Gasteiger partial charge in [0, 0.05) is 12.5 Å². The van der Waals surface area contributed by atoms with E-state index in [0.29, 0.717) is 19.1 Å². The number of hydrogen-bond acceptors (Lipinski definition) is 3. The zero-order valence-corrected chi connectivity index (χ0v) is 11.4. The Labute approximate surface area is 115 Å². The summed E-state index contributed by atoms with van der Waals surface area (Å²) in [6, 6.07) is 10.1. The normalized spacial score (nSPS) is 24.5. The lowest BCUT2D eigenvalue weighted by molar-refractivity contribution is 0.0388. The molecule has 0 saturated heterocycles. The van der Waals surface area contributed by atoms with Gasteiger partial charge < -0.3 is 14.9 Å². The molecular weight excluding hydrogens is 240 g/mol. The Kier molecular flexibility index (Phi) is 5.83. The molecule has 106 valence electrons. The Balaban J connectivity index is 1.70. The maximum absolute atomic E-state index is 9.81. The summed E-state index contributed by atoms with van der Waals surface area (Å²) in [5.74, 6) is 0.485. The van der Waals surface area contributed by atoms with Crippen LogP contribution in [0.25, 0.3) is 0 Å². The number of aliphatic hydroxyl groups excluding tert-OH is 2. The molecule has 1 aromatic rings. The molecular formula is C16H24O3. The standard InChI is InChI=1S/C16H24O3/c17-10-14(9-15-7-4-8-16(15)18)12-19-11-13-5-2-1-3-6-13/h1-3,5-6,14-18H,4,7-12H2/t14?,15-,16-/m1/s1. The topological polar surface area (TPSA) is 49.7 Å². The predicted molar refractivity (Wildman–Crippen MR) is 74.6 cm³/mol. The monoisotopic (exact) mass is 264 g/mol. The Morgan fingerprint density at radius 3 is 2.63 bits per heavy atom. The second kappa shape index (κ2) is 7.63. The molecule has 3 heteroatoms. The third kappa shape index (κ3) is 4.60. The lowest BCUT2D eigenvalue weighted by Crippen LogP contribution is -2.22. The average molecular weight is 264 g/mol. The highest BCUT2D eigenvalue weighted by atomic mass is 16.5. The van der Waals surface area contributed by atoms with Crippen LogP contribution >= 0.6 is 0 Å². The summed E-state index contributed by atoms with van der Waals surface area (Å²) in [7, 11) is 0. The quantitative estimate of drug-likeness (QED) is 0.795. The van der Waals surface area contributed by atoms with E-state index in [1.807, 2.05) is 30.3 Å². The van der Waals surface area contributed by atoms with Crippen molar-refractivity contribution in [1.29, 1.82) is 0 Å². The summed E-state index contributed by atoms with van der Waals surface area (Å²) in [6.45, 7) is 1.29. The molecule has 1 fully saturated rings. The Hall–Kier alpha value is -0.900. The molecule has 0 radical (unpaired) electrons. The lowest BCUT2D eigenvalue weighted by atomic mass is 9.93. The maximum Gasteiger partial charge on any atom is 0.0717 e. The molecule has 0 spiro atoms. The first-order chi connectivity index (χ1) is 9.29. The minimum absolute atomic E-state index is 0.137. The predicted octanol–water partition coefficient (Wildman–Crippen LogP) is 2.36. The van der Waals surface area contributed by atoms with Crippen molar-refractivity contribution in [3.63, 3.8) is 0 Å². The van der Waals surface area contributed by atoms with E-state index in [4.69, 9.17) is 4.74 Å². The maximum atomic E-state index is 9.81. The fraction of sp³-hybridized carbons (Fsp3) is 0.625. The molecule has 1 aliphatic rings. The summed E-state index contributed by atoms with van der Waals surface area (Å²) >= 11 is 0. The molecule has 2 N–H and O–H groups in total. The van der Waals surface area contributed by atoms with Crippen molar-refractivity contribution in [2.45, 2.75) is 38.4 Å². The molecule has 1 aromatic carbocycles. The highest BCUT2D eigenvalue weighted by Gasteiger charge is 2.27. The number of aliphatic hydroxyl groups is 2. The third-order valence-electron chi connectivity index (χ3n) is 3.98. The smallest absolute Gasteiger partial charge is 0.0717 e. The number of ether oxygens (including phenoxy) is 1. The first-order valence-electron chi connectivity index (χ1n) is 7.20. The van der Waals surface area contributed by atoms with Crippen LogP contribution in [0.3, 0.4) is 0 Å². The van der Waals surface area contributed by atoms with Gasteiger partial charge >= 0.3 is 0 Å². The van der Waals surface area contributed by atoms with Gasteiger partial charge in [-0.3, -0.25) is 0 Å². The molecule has 3 atom stereocenters. The van der Waals surface area contributed by atoms with Crippen LogP contribution in [0.1, 0.15) is 31.2 Å². The fourth-order valence-electron chi connectivity index (χ4n) is 2.83. The van der Waals surface area contributed by atoms with E-state index in [0.717, 1.165) is 31.2 Å². The van der Waals surface area contributed by atoms with Gasteiger partial charge in [0.25, 0.3) is 0 Å². The molecule has 1 aliphatic carbocycles. The summed E-state index contributed by atoms with van der Waals surface area (Å²) in [4.78, 5) is 0. The van der Waals surface area contributed by atoms with E-state index < -0.39 is 0 Å². The van der Waals surface area contributed by atoms with Crippen molar-refractivity contribution in [2.75, 3.05) is 13.2 Å². The molecule has 0 aliphatic heterocycles. The molecule has 19 heavy (non-hydrogen) atoms. The van der Waals surface area contributed by atoms with Gasteiger partial charge in [-0.05, 0) is 30.7 Å². The van der Waals surface area contributed by atoms with Gasteiger partial charge in [-0.15, -0.1) is 0 Å². The van der Waals surface area contributed by atoms with E-state index in [1.54, 1.807) is 0 Å². The first-order valence-corrected chi connectivity index (χ1v) is 7.20. The van der Waals surface area contributed by atoms with Crippen LogP contribution in [0.2, 0.25) is 0 Å². The largest absolute Gasteiger partial charge is 0.396 e. The number of rotatable bonds is 7. The van der Waals surface area contributed by atoms with E-state index >= 15 is 0 Å². The second-order valence-corrected chi connectivity index (χ2v) is 5.54. The van der Waals surface area contributed by atoms with Crippen molar-refractivity contribution >= 4 is 0 Å². The summed E-state index contributed by atoms with van der Waals surface area (Å²) in [5.41, 5.74) is 1.15. The van der Waals surface area contributed by atoms with Crippen LogP contribution in [0.4, 0.5) is 0 Å². The summed E-state index contributed by atoms with van der Waals surface area (Å²) in [6.07, 6.45) is 3.79. The van der Waals surface area contributed by atoms with Crippen LogP contribution in [-0.2, 0) is 11.3 Å². The average Bonchev–Trinajstić information content (AvgIpc) is 2.84. The fourth-order valence-corrected chi connectivity index (χ4v) is 2.83. The van der Waals surface area contributed by atoms with Gasteiger partial charge in [-0.1, -0.05) is 36.8 Å². The highest BCUT2D eigenvalue weighted by Crippen LogP contribution is 2.30. The summed E-state index contributed by atoms with van der Waals surface area (Å²) in [5, 5.41) is 19.2. The van der Waals surface area contributed by atoms with Crippen LogP contribution in [-0.4, -0.2) is 29.5 Å². The van der Waals surface area contributed by atoms with Crippen molar-refractivity contribution in [3.05, 3.63) is 35.9 Å². The minimum Gasteiger partial charge on any atom is -0.396 e. The van der Waals surface area contributed by atoms with E-state index in [-0.39, 0.29) is 18.6 Å². The van der Waals surface area contributed by atoms with E-state index in [2.05, 4.69) is 0 Å². The molecule has 1 saturated carbocycles. The Bertz CT molecular complexity index is 352. The number of hydrogen-bond donors (Lipinski definition) is 2. The molecule has 0 heterocycles. The molecule has 0 bridgehead atoms. The van der Waals surface area contributed by atoms with E-state index in [1.165, 1.54) is 0 Å². The van der Waals surface area contributed by atoms with Gasteiger partial charge in [0.05, 0.1) is 19.3 Å². The zero-order valence-electron chi connectivity index (χ0n) is 11.4. The van der Waals surface area contributed by atoms with Crippen molar-refractivity contribution in [3.8, 4) is 0 Å². The molecule has 0 amide bonds. The Morgan fingerprint density at radius 2 is 2.00 bits per heavy atom.